The van der Waals surface area contributed by atoms with Crippen molar-refractivity contribution in [3.05, 3.63) is 63.8 Å². The fourth-order valence-electron chi connectivity index (χ4n) is 2.98. The van der Waals surface area contributed by atoms with E-state index in [1.165, 1.54) is 7.11 Å². The topological polar surface area (TPSA) is 79.4 Å². The van der Waals surface area contributed by atoms with Gasteiger partial charge in [0.2, 0.25) is 0 Å². The zero-order chi connectivity index (χ0) is 18.1. The quantitative estimate of drug-likeness (QED) is 0.676. The Hall–Kier alpha value is -2.79. The number of nitrogens with one attached hydrogen (secondary N) is 1. The van der Waals surface area contributed by atoms with Crippen LogP contribution in [0.4, 0.5) is 0 Å². The predicted octanol–water partition coefficient (Wildman–Crippen LogP) is 4.00. The van der Waals surface area contributed by atoms with Gasteiger partial charge in [0.25, 0.3) is 0 Å². The lowest BCUT2D eigenvalue weighted by molar-refractivity contribution is -0.136. The van der Waals surface area contributed by atoms with Gasteiger partial charge in [-0.2, -0.15) is 0 Å². The molecule has 0 saturated heterocycles. The highest BCUT2D eigenvalue weighted by Gasteiger charge is 2.24. The normalized spacial score (nSPS) is 10.8. The Morgan fingerprint density at radius 3 is 2.52 bits per heavy atom. The van der Waals surface area contributed by atoms with E-state index in [2.05, 4.69) is 4.98 Å². The fraction of sp³-hybridized carbons (Fsp3) is 0.158. The molecule has 0 bridgehead atoms. The molecule has 2 aromatic carbocycles. The second-order valence-electron chi connectivity index (χ2n) is 5.68. The zero-order valence-corrected chi connectivity index (χ0v) is 14.5. The molecule has 0 aliphatic rings. The number of benzene rings is 2. The molecule has 25 heavy (non-hydrogen) atoms. The molecule has 0 atom stereocenters. The van der Waals surface area contributed by atoms with Crippen LogP contribution >= 0.6 is 11.6 Å². The van der Waals surface area contributed by atoms with E-state index in [9.17, 15) is 9.59 Å². The van der Waals surface area contributed by atoms with Crippen LogP contribution in [0.5, 0.6) is 5.75 Å². The summed E-state index contributed by atoms with van der Waals surface area (Å²) in [6, 6.07) is 10.4. The summed E-state index contributed by atoms with van der Waals surface area (Å²) in [5.41, 5.74) is 2.70. The number of aryl methyl sites for hydroxylation is 1. The standard InChI is InChI=1S/C19H16ClNO4/c1-10-13(9-15(22)23)21-14-8-12(20)17(19(25-2)16(10)14)18(24)11-6-4-3-5-7-11/h3-8,21H,9H2,1-2H3,(H,22,23). The number of carbonyl (C=O) groups excluding carboxylic acids is 1. The maximum Gasteiger partial charge on any atom is 0.309 e. The van der Waals surface area contributed by atoms with Crippen LogP contribution < -0.4 is 4.74 Å². The van der Waals surface area contributed by atoms with Crippen LogP contribution in [0.1, 0.15) is 27.2 Å². The third-order valence-corrected chi connectivity index (χ3v) is 4.44. The zero-order valence-electron chi connectivity index (χ0n) is 13.7. The number of aromatic nitrogens is 1. The molecule has 5 nitrogen and oxygen atoms in total. The van der Waals surface area contributed by atoms with E-state index in [1.807, 2.05) is 6.07 Å². The van der Waals surface area contributed by atoms with E-state index in [1.54, 1.807) is 37.3 Å². The molecule has 3 aromatic rings. The van der Waals surface area contributed by atoms with Crippen LogP contribution in [0, 0.1) is 6.92 Å². The number of hydrogen-bond donors (Lipinski definition) is 2. The molecule has 0 unspecified atom stereocenters. The lowest BCUT2D eigenvalue weighted by Gasteiger charge is -2.12. The molecule has 0 aliphatic carbocycles. The van der Waals surface area contributed by atoms with Crippen molar-refractivity contribution >= 4 is 34.3 Å². The molecule has 0 spiro atoms. The second-order valence-corrected chi connectivity index (χ2v) is 6.09. The van der Waals surface area contributed by atoms with Crippen LogP contribution in [-0.4, -0.2) is 29.0 Å². The number of fused-ring (bicyclic) bond motifs is 1. The smallest absolute Gasteiger partial charge is 0.309 e. The number of ketones is 1. The van der Waals surface area contributed by atoms with E-state index in [0.29, 0.717) is 27.9 Å². The Bertz CT molecular complexity index is 976. The summed E-state index contributed by atoms with van der Waals surface area (Å²) in [6.45, 7) is 1.80. The van der Waals surface area contributed by atoms with Gasteiger partial charge < -0.3 is 14.8 Å². The number of carbonyl (C=O) groups is 2. The highest BCUT2D eigenvalue weighted by atomic mass is 35.5. The Kier molecular flexibility index (Phi) is 4.51. The van der Waals surface area contributed by atoms with Crippen molar-refractivity contribution < 1.29 is 19.4 Å². The molecule has 3 rings (SSSR count). The summed E-state index contributed by atoms with van der Waals surface area (Å²) in [5, 5.41) is 9.98. The van der Waals surface area contributed by atoms with E-state index in [-0.39, 0.29) is 22.8 Å². The molecular weight excluding hydrogens is 342 g/mol. The van der Waals surface area contributed by atoms with Crippen molar-refractivity contribution in [3.8, 4) is 5.75 Å². The summed E-state index contributed by atoms with van der Waals surface area (Å²) in [5.74, 6) is -0.841. The number of aliphatic carboxylic acids is 1. The highest BCUT2D eigenvalue weighted by molar-refractivity contribution is 6.36. The molecule has 1 heterocycles. The van der Waals surface area contributed by atoms with E-state index in [0.717, 1.165) is 5.56 Å². The van der Waals surface area contributed by atoms with Gasteiger partial charge in [-0.15, -0.1) is 0 Å². The number of aromatic amines is 1. The van der Waals surface area contributed by atoms with Gasteiger partial charge in [-0.25, -0.2) is 0 Å². The SMILES string of the molecule is COc1c(C(=O)c2ccccc2)c(Cl)cc2[nH]c(CC(=O)O)c(C)c12. The summed E-state index contributed by atoms with van der Waals surface area (Å²) in [4.78, 5) is 27.0. The van der Waals surface area contributed by atoms with Gasteiger partial charge >= 0.3 is 5.97 Å². The van der Waals surface area contributed by atoms with Crippen LogP contribution in [0.2, 0.25) is 5.02 Å². The predicted molar refractivity (Wildman–Crippen MR) is 95.8 cm³/mol. The lowest BCUT2D eigenvalue weighted by Crippen LogP contribution is -2.05. The van der Waals surface area contributed by atoms with Gasteiger partial charge in [0.15, 0.2) is 5.78 Å². The van der Waals surface area contributed by atoms with Gasteiger partial charge in [0.1, 0.15) is 5.75 Å². The van der Waals surface area contributed by atoms with Gasteiger partial charge in [0.05, 0.1) is 29.6 Å². The Morgan fingerprint density at radius 2 is 1.92 bits per heavy atom. The average molecular weight is 358 g/mol. The molecule has 2 N–H and O–H groups in total. The van der Waals surface area contributed by atoms with Gasteiger partial charge in [-0.3, -0.25) is 9.59 Å². The molecule has 128 valence electrons. The van der Waals surface area contributed by atoms with Crippen LogP contribution in [0.3, 0.4) is 0 Å². The third kappa shape index (κ3) is 2.98. The highest BCUT2D eigenvalue weighted by Crippen LogP contribution is 2.39. The monoisotopic (exact) mass is 357 g/mol. The van der Waals surface area contributed by atoms with E-state index < -0.39 is 5.97 Å². The maximum absolute atomic E-state index is 12.9. The Labute approximate surface area is 149 Å². The molecule has 6 heteroatoms. The number of hydrogen-bond acceptors (Lipinski definition) is 3. The van der Waals surface area contributed by atoms with Crippen molar-refractivity contribution in [3.63, 3.8) is 0 Å². The largest absolute Gasteiger partial charge is 0.495 e. The van der Waals surface area contributed by atoms with E-state index >= 15 is 0 Å². The number of rotatable bonds is 5. The average Bonchev–Trinajstić information content (AvgIpc) is 2.88. The maximum atomic E-state index is 12.9. The number of carboxylic acids is 1. The minimum atomic E-state index is -0.944. The number of ether oxygens (including phenoxy) is 1. The van der Waals surface area contributed by atoms with Gasteiger partial charge in [-0.1, -0.05) is 41.9 Å². The van der Waals surface area contributed by atoms with Crippen LogP contribution in [-0.2, 0) is 11.2 Å². The molecule has 0 amide bonds. The molecule has 0 saturated carbocycles. The lowest BCUT2D eigenvalue weighted by atomic mass is 9.99. The number of halogens is 1. The van der Waals surface area contributed by atoms with Gasteiger partial charge in [-0.05, 0) is 18.6 Å². The van der Waals surface area contributed by atoms with Crippen molar-refractivity contribution in [2.45, 2.75) is 13.3 Å². The van der Waals surface area contributed by atoms with E-state index in [4.69, 9.17) is 21.4 Å². The van der Waals surface area contributed by atoms with Crippen molar-refractivity contribution in [2.75, 3.05) is 7.11 Å². The number of carboxylic acid groups (broad SMARTS) is 1. The molecule has 0 aliphatic heterocycles. The number of H-pyrrole nitrogens is 1. The molecular formula is C19H16ClNO4. The van der Waals surface area contributed by atoms with Crippen molar-refractivity contribution in [2.24, 2.45) is 0 Å². The van der Waals surface area contributed by atoms with Crippen LogP contribution in [0.25, 0.3) is 10.9 Å². The summed E-state index contributed by atoms with van der Waals surface area (Å²) < 4.78 is 5.51. The van der Waals surface area contributed by atoms with Crippen molar-refractivity contribution in [1.82, 2.24) is 4.98 Å². The first-order chi connectivity index (χ1) is 11.9. The molecule has 1 aromatic heterocycles. The molecule has 0 radical (unpaired) electrons. The van der Waals surface area contributed by atoms with Gasteiger partial charge in [0, 0.05) is 16.6 Å². The number of methoxy groups -OCH3 is 1. The summed E-state index contributed by atoms with van der Waals surface area (Å²) in [7, 11) is 1.47. The third-order valence-electron chi connectivity index (χ3n) is 4.14. The summed E-state index contributed by atoms with van der Waals surface area (Å²) >= 11 is 6.36. The minimum Gasteiger partial charge on any atom is -0.495 e. The first kappa shape index (κ1) is 17.0. The Morgan fingerprint density at radius 1 is 1.24 bits per heavy atom. The first-order valence-corrected chi connectivity index (χ1v) is 8.01. The first-order valence-electron chi connectivity index (χ1n) is 7.63. The van der Waals surface area contributed by atoms with Crippen LogP contribution in [0.15, 0.2) is 36.4 Å². The summed E-state index contributed by atoms with van der Waals surface area (Å²) in [6.07, 6.45) is -0.150. The minimum absolute atomic E-state index is 0.150. The second kappa shape index (κ2) is 6.61. The molecule has 0 fully saturated rings. The Balaban J connectivity index is 2.26. The fourth-order valence-corrected chi connectivity index (χ4v) is 3.26. The van der Waals surface area contributed by atoms with Crippen molar-refractivity contribution in [1.29, 1.82) is 0 Å².